The topological polar surface area (TPSA) is 84.1 Å². The normalized spacial score (nSPS) is 13.8. The van der Waals surface area contributed by atoms with E-state index < -0.39 is 0 Å². The van der Waals surface area contributed by atoms with E-state index in [-0.39, 0.29) is 5.91 Å². The maximum absolute atomic E-state index is 11.6. The quantitative estimate of drug-likeness (QED) is 0.726. The number of hydrogen-bond donors (Lipinski definition) is 2. The summed E-state index contributed by atoms with van der Waals surface area (Å²) in [5, 5.41) is 10.8. The molecular formula is C13H19N5OS. The summed E-state index contributed by atoms with van der Waals surface area (Å²) < 4.78 is 0. The van der Waals surface area contributed by atoms with Gasteiger partial charge in [-0.05, 0) is 31.9 Å². The molecule has 0 atom stereocenters. The molecule has 1 amide bonds. The number of carbonyl (C=O) groups is 1. The molecule has 108 valence electrons. The molecule has 1 aromatic heterocycles. The van der Waals surface area contributed by atoms with Crippen LogP contribution in [0.5, 0.6) is 0 Å². The standard InChI is InChI=1S/C13H19N5OS/c1-2-15-13(19)10-5-6-12(17-16-10)18(9-3-4-9)8-7-11(14)20/h5-6,9H,2-4,7-8H2,1H3,(H2,14,20)(H,15,19). The minimum atomic E-state index is -0.201. The molecule has 1 aliphatic carbocycles. The first-order chi connectivity index (χ1) is 9.61. The van der Waals surface area contributed by atoms with Gasteiger partial charge in [0, 0.05) is 25.6 Å². The Hall–Kier alpha value is -1.76. The Morgan fingerprint density at radius 3 is 2.75 bits per heavy atom. The highest BCUT2D eigenvalue weighted by Gasteiger charge is 2.30. The number of hydrogen-bond acceptors (Lipinski definition) is 5. The van der Waals surface area contributed by atoms with Crippen LogP contribution in [0.2, 0.25) is 0 Å². The molecule has 0 aromatic carbocycles. The van der Waals surface area contributed by atoms with Gasteiger partial charge in [-0.3, -0.25) is 4.79 Å². The summed E-state index contributed by atoms with van der Waals surface area (Å²) in [7, 11) is 0. The van der Waals surface area contributed by atoms with E-state index in [1.807, 2.05) is 13.0 Å². The number of carbonyl (C=O) groups excluding carboxylic acids is 1. The lowest BCUT2D eigenvalue weighted by atomic mass is 10.3. The van der Waals surface area contributed by atoms with Crippen molar-refractivity contribution < 1.29 is 4.79 Å². The van der Waals surface area contributed by atoms with Gasteiger partial charge in [0.15, 0.2) is 11.5 Å². The van der Waals surface area contributed by atoms with Crippen LogP contribution in [-0.2, 0) is 0 Å². The van der Waals surface area contributed by atoms with Gasteiger partial charge in [0.1, 0.15) is 0 Å². The second-order valence-corrected chi connectivity index (χ2v) is 5.30. The van der Waals surface area contributed by atoms with E-state index in [4.69, 9.17) is 18.0 Å². The van der Waals surface area contributed by atoms with E-state index in [1.54, 1.807) is 6.07 Å². The third kappa shape index (κ3) is 3.86. The summed E-state index contributed by atoms with van der Waals surface area (Å²) in [6, 6.07) is 4.02. The number of aromatic nitrogens is 2. The lowest BCUT2D eigenvalue weighted by molar-refractivity contribution is 0.0950. The number of anilines is 1. The van der Waals surface area contributed by atoms with Crippen molar-refractivity contribution in [2.24, 2.45) is 5.73 Å². The predicted molar refractivity (Wildman–Crippen MR) is 81.8 cm³/mol. The molecule has 7 heteroatoms. The lowest BCUT2D eigenvalue weighted by Crippen LogP contribution is -2.31. The fourth-order valence-electron chi connectivity index (χ4n) is 1.95. The molecule has 1 aromatic rings. The Labute approximate surface area is 123 Å². The van der Waals surface area contributed by atoms with E-state index in [9.17, 15) is 4.79 Å². The second kappa shape index (κ2) is 6.60. The summed E-state index contributed by atoms with van der Waals surface area (Å²) in [6.07, 6.45) is 2.96. The lowest BCUT2D eigenvalue weighted by Gasteiger charge is -2.22. The highest BCUT2D eigenvalue weighted by Crippen LogP contribution is 2.30. The number of thiocarbonyl (C=S) groups is 1. The van der Waals surface area contributed by atoms with E-state index in [0.717, 1.165) is 25.2 Å². The number of nitrogens with one attached hydrogen (secondary N) is 1. The Morgan fingerprint density at radius 1 is 1.50 bits per heavy atom. The Balaban J connectivity index is 2.05. The van der Waals surface area contributed by atoms with Gasteiger partial charge in [0.25, 0.3) is 5.91 Å². The average Bonchev–Trinajstić information content (AvgIpc) is 3.24. The van der Waals surface area contributed by atoms with Crippen LogP contribution in [0, 0.1) is 0 Å². The van der Waals surface area contributed by atoms with Crippen molar-refractivity contribution in [3.05, 3.63) is 17.8 Å². The molecule has 0 bridgehead atoms. The Kier molecular flexibility index (Phi) is 4.84. The fraction of sp³-hybridized carbons (Fsp3) is 0.538. The highest BCUT2D eigenvalue weighted by atomic mass is 32.1. The zero-order chi connectivity index (χ0) is 14.5. The van der Waals surface area contributed by atoms with Gasteiger partial charge in [-0.25, -0.2) is 0 Å². The van der Waals surface area contributed by atoms with Crippen molar-refractivity contribution in [3.63, 3.8) is 0 Å². The maximum atomic E-state index is 11.6. The second-order valence-electron chi connectivity index (χ2n) is 4.78. The van der Waals surface area contributed by atoms with Gasteiger partial charge >= 0.3 is 0 Å². The van der Waals surface area contributed by atoms with Crippen LogP contribution < -0.4 is 16.0 Å². The minimum absolute atomic E-state index is 0.201. The molecule has 0 saturated heterocycles. The summed E-state index contributed by atoms with van der Waals surface area (Å²) in [6.45, 7) is 3.18. The fourth-order valence-corrected chi connectivity index (χ4v) is 2.04. The molecule has 0 unspecified atom stereocenters. The molecule has 1 aliphatic rings. The van der Waals surface area contributed by atoms with Gasteiger partial charge in [-0.15, -0.1) is 10.2 Å². The zero-order valence-corrected chi connectivity index (χ0v) is 12.3. The van der Waals surface area contributed by atoms with Gasteiger partial charge in [-0.1, -0.05) is 12.2 Å². The molecule has 3 N–H and O–H groups in total. The Bertz CT molecular complexity index is 486. The number of rotatable bonds is 7. The Morgan fingerprint density at radius 2 is 2.25 bits per heavy atom. The summed E-state index contributed by atoms with van der Waals surface area (Å²) in [5.74, 6) is 0.574. The minimum Gasteiger partial charge on any atom is -0.393 e. The molecular weight excluding hydrogens is 274 g/mol. The number of amides is 1. The average molecular weight is 293 g/mol. The summed E-state index contributed by atoms with van der Waals surface area (Å²) in [5.41, 5.74) is 5.89. The van der Waals surface area contributed by atoms with Gasteiger partial charge < -0.3 is 16.0 Å². The van der Waals surface area contributed by atoms with Crippen molar-refractivity contribution in [3.8, 4) is 0 Å². The first-order valence-corrected chi connectivity index (χ1v) is 7.19. The van der Waals surface area contributed by atoms with Gasteiger partial charge in [0.2, 0.25) is 0 Å². The summed E-state index contributed by atoms with van der Waals surface area (Å²) >= 11 is 4.92. The van der Waals surface area contributed by atoms with E-state index in [0.29, 0.717) is 29.7 Å². The zero-order valence-electron chi connectivity index (χ0n) is 11.5. The molecule has 20 heavy (non-hydrogen) atoms. The summed E-state index contributed by atoms with van der Waals surface area (Å²) in [4.78, 5) is 14.3. The molecule has 1 fully saturated rings. The smallest absolute Gasteiger partial charge is 0.271 e. The van der Waals surface area contributed by atoms with Crippen molar-refractivity contribution >= 4 is 28.9 Å². The van der Waals surface area contributed by atoms with Crippen LogP contribution in [-0.4, -0.2) is 40.2 Å². The van der Waals surface area contributed by atoms with E-state index >= 15 is 0 Å². The van der Waals surface area contributed by atoms with Crippen molar-refractivity contribution in [2.45, 2.75) is 32.2 Å². The molecule has 0 aliphatic heterocycles. The first kappa shape index (κ1) is 14.6. The third-order valence-electron chi connectivity index (χ3n) is 3.10. The van der Waals surface area contributed by atoms with Gasteiger partial charge in [-0.2, -0.15) is 0 Å². The van der Waals surface area contributed by atoms with Crippen molar-refractivity contribution in [2.75, 3.05) is 18.0 Å². The molecule has 1 saturated carbocycles. The molecule has 6 nitrogen and oxygen atoms in total. The largest absolute Gasteiger partial charge is 0.393 e. The first-order valence-electron chi connectivity index (χ1n) is 6.78. The van der Waals surface area contributed by atoms with E-state index in [2.05, 4.69) is 20.4 Å². The van der Waals surface area contributed by atoms with Crippen molar-refractivity contribution in [1.29, 1.82) is 0 Å². The number of nitrogens with two attached hydrogens (primary N) is 1. The molecule has 1 heterocycles. The van der Waals surface area contributed by atoms with Crippen LogP contribution in [0.1, 0.15) is 36.7 Å². The number of nitrogens with zero attached hydrogens (tertiary/aromatic N) is 3. The predicted octanol–water partition coefficient (Wildman–Crippen LogP) is 0.871. The molecule has 0 spiro atoms. The SMILES string of the molecule is CCNC(=O)c1ccc(N(CCC(N)=S)C2CC2)nn1. The highest BCUT2D eigenvalue weighted by molar-refractivity contribution is 7.80. The van der Waals surface area contributed by atoms with Crippen LogP contribution in [0.4, 0.5) is 5.82 Å². The van der Waals surface area contributed by atoms with Crippen LogP contribution in [0.25, 0.3) is 0 Å². The van der Waals surface area contributed by atoms with Crippen molar-refractivity contribution in [1.82, 2.24) is 15.5 Å². The molecule has 2 rings (SSSR count). The maximum Gasteiger partial charge on any atom is 0.271 e. The van der Waals surface area contributed by atoms with Crippen LogP contribution in [0.15, 0.2) is 12.1 Å². The van der Waals surface area contributed by atoms with E-state index in [1.165, 1.54) is 0 Å². The van der Waals surface area contributed by atoms with Gasteiger partial charge in [0.05, 0.1) is 4.99 Å². The molecule has 0 radical (unpaired) electrons. The monoisotopic (exact) mass is 293 g/mol. The third-order valence-corrected chi connectivity index (χ3v) is 3.31. The van der Waals surface area contributed by atoms with Crippen LogP contribution in [0.3, 0.4) is 0 Å². The van der Waals surface area contributed by atoms with Crippen LogP contribution >= 0.6 is 12.2 Å².